The van der Waals surface area contributed by atoms with Crippen molar-refractivity contribution in [3.05, 3.63) is 94.5 Å². The highest BCUT2D eigenvalue weighted by Crippen LogP contribution is 2.33. The topological polar surface area (TPSA) is 52.6 Å². The molecule has 0 aliphatic carbocycles. The van der Waals surface area contributed by atoms with Gasteiger partial charge < -0.3 is 9.47 Å². The molecule has 196 valence electrons. The number of aryl methyl sites for hydroxylation is 3. The van der Waals surface area contributed by atoms with Crippen LogP contribution in [0.1, 0.15) is 50.3 Å². The minimum atomic E-state index is -1.32. The second-order valence-electron chi connectivity index (χ2n) is 9.11. The molecular weight excluding hydrogens is 504 g/mol. The van der Waals surface area contributed by atoms with Gasteiger partial charge in [0.1, 0.15) is 0 Å². The molecule has 0 radical (unpaired) electrons. The molecular formula is C31H35ClO4S. The Morgan fingerprint density at radius 1 is 0.784 bits per heavy atom. The number of benzene rings is 3. The number of ether oxygens (including phenoxy) is 2. The molecule has 0 fully saturated rings. The predicted molar refractivity (Wildman–Crippen MR) is 150 cm³/mol. The van der Waals surface area contributed by atoms with Gasteiger partial charge in [-0.15, -0.1) is 0 Å². The third-order valence-electron chi connectivity index (χ3n) is 6.28. The molecule has 0 unspecified atom stereocenters. The van der Waals surface area contributed by atoms with Crippen molar-refractivity contribution in [1.82, 2.24) is 0 Å². The van der Waals surface area contributed by atoms with Crippen molar-refractivity contribution in [2.24, 2.45) is 5.41 Å². The van der Waals surface area contributed by atoms with Crippen LogP contribution in [0.2, 0.25) is 5.02 Å². The van der Waals surface area contributed by atoms with Crippen molar-refractivity contribution in [2.75, 3.05) is 13.2 Å². The van der Waals surface area contributed by atoms with E-state index in [0.717, 1.165) is 23.3 Å². The van der Waals surface area contributed by atoms with Gasteiger partial charge in [-0.2, -0.15) is 0 Å². The molecule has 37 heavy (non-hydrogen) atoms. The van der Waals surface area contributed by atoms with Crippen LogP contribution in [0.5, 0.6) is 0 Å². The van der Waals surface area contributed by atoms with Crippen LogP contribution >= 0.6 is 23.4 Å². The average Bonchev–Trinajstić information content (AvgIpc) is 2.89. The van der Waals surface area contributed by atoms with E-state index in [9.17, 15) is 9.59 Å². The highest BCUT2D eigenvalue weighted by atomic mass is 35.5. The van der Waals surface area contributed by atoms with Gasteiger partial charge in [0.25, 0.3) is 0 Å². The lowest BCUT2D eigenvalue weighted by molar-refractivity contribution is -0.171. The van der Waals surface area contributed by atoms with Crippen molar-refractivity contribution in [2.45, 2.75) is 62.7 Å². The summed E-state index contributed by atoms with van der Waals surface area (Å²) >= 11 is 8.31. The number of carbonyl (C=O) groups is 2. The SMILES string of the molecule is CCOC(=O)C(C)(CCCc1ccc(Sc2cccc(CCc3ccccc3)c2)cc1Cl)C(=O)OCC. The molecule has 0 atom stereocenters. The van der Waals surface area contributed by atoms with E-state index in [1.807, 2.05) is 18.2 Å². The lowest BCUT2D eigenvalue weighted by Gasteiger charge is -2.25. The van der Waals surface area contributed by atoms with Gasteiger partial charge in [0, 0.05) is 14.8 Å². The van der Waals surface area contributed by atoms with E-state index in [1.54, 1.807) is 32.5 Å². The highest BCUT2D eigenvalue weighted by molar-refractivity contribution is 7.99. The second-order valence-corrected chi connectivity index (χ2v) is 10.7. The van der Waals surface area contributed by atoms with Crippen LogP contribution < -0.4 is 0 Å². The summed E-state index contributed by atoms with van der Waals surface area (Å²) in [6.07, 6.45) is 3.58. The monoisotopic (exact) mass is 538 g/mol. The maximum atomic E-state index is 12.5. The summed E-state index contributed by atoms with van der Waals surface area (Å²) in [6.45, 7) is 5.48. The maximum absolute atomic E-state index is 12.5. The normalized spacial score (nSPS) is 11.2. The van der Waals surface area contributed by atoms with Crippen LogP contribution in [-0.2, 0) is 38.3 Å². The Balaban J connectivity index is 1.59. The van der Waals surface area contributed by atoms with Gasteiger partial charge in [0.15, 0.2) is 5.41 Å². The lowest BCUT2D eigenvalue weighted by Crippen LogP contribution is -2.39. The van der Waals surface area contributed by atoms with Gasteiger partial charge in [-0.3, -0.25) is 9.59 Å². The predicted octanol–water partition coefficient (Wildman–Crippen LogP) is 7.73. The number of rotatable bonds is 13. The average molecular weight is 539 g/mol. The number of hydrogen-bond acceptors (Lipinski definition) is 5. The molecule has 3 rings (SSSR count). The summed E-state index contributed by atoms with van der Waals surface area (Å²) in [4.78, 5) is 27.2. The Labute approximate surface area is 229 Å². The molecule has 0 aliphatic rings. The second kappa shape index (κ2) is 14.3. The molecule has 6 heteroatoms. The number of halogens is 1. The van der Waals surface area contributed by atoms with E-state index in [-0.39, 0.29) is 13.2 Å². The summed E-state index contributed by atoms with van der Waals surface area (Å²) in [5.74, 6) is -1.09. The number of hydrogen-bond donors (Lipinski definition) is 0. The fourth-order valence-corrected chi connectivity index (χ4v) is 5.41. The van der Waals surface area contributed by atoms with Gasteiger partial charge >= 0.3 is 11.9 Å². The zero-order valence-electron chi connectivity index (χ0n) is 21.8. The molecule has 0 amide bonds. The minimum Gasteiger partial charge on any atom is -0.465 e. The van der Waals surface area contributed by atoms with Crippen LogP contribution in [0.4, 0.5) is 0 Å². The van der Waals surface area contributed by atoms with Crippen LogP contribution in [0.3, 0.4) is 0 Å². The van der Waals surface area contributed by atoms with E-state index in [0.29, 0.717) is 24.3 Å². The summed E-state index contributed by atoms with van der Waals surface area (Å²) in [6, 6.07) is 25.2. The van der Waals surface area contributed by atoms with E-state index in [4.69, 9.17) is 21.1 Å². The van der Waals surface area contributed by atoms with Gasteiger partial charge in [-0.25, -0.2) is 0 Å². The maximum Gasteiger partial charge on any atom is 0.323 e. The Bertz CT molecular complexity index is 1160. The van der Waals surface area contributed by atoms with E-state index < -0.39 is 17.4 Å². The van der Waals surface area contributed by atoms with Gasteiger partial charge in [0.05, 0.1) is 13.2 Å². The lowest BCUT2D eigenvalue weighted by atomic mass is 9.84. The molecule has 0 spiro atoms. The van der Waals surface area contributed by atoms with Crippen molar-refractivity contribution in [1.29, 1.82) is 0 Å². The molecule has 0 aromatic heterocycles. The largest absolute Gasteiger partial charge is 0.465 e. The van der Waals surface area contributed by atoms with Crippen LogP contribution in [0.25, 0.3) is 0 Å². The fourth-order valence-electron chi connectivity index (χ4n) is 4.13. The van der Waals surface area contributed by atoms with Gasteiger partial charge in [-0.1, -0.05) is 71.9 Å². The Morgan fingerprint density at radius 3 is 2.05 bits per heavy atom. The van der Waals surface area contributed by atoms with Crippen molar-refractivity contribution >= 4 is 35.3 Å². The standard InChI is InChI=1S/C31H35ClO4S/c1-4-35-29(33)31(3,30(34)36-5-2)20-10-14-25-18-19-27(22-28(25)32)37-26-15-9-13-24(21-26)17-16-23-11-7-6-8-12-23/h6-9,11-13,15,18-19,21-22H,4-5,10,14,16-17,20H2,1-3H3. The first kappa shape index (κ1) is 28.8. The van der Waals surface area contributed by atoms with Crippen molar-refractivity contribution in [3.8, 4) is 0 Å². The first-order valence-electron chi connectivity index (χ1n) is 12.8. The van der Waals surface area contributed by atoms with E-state index >= 15 is 0 Å². The summed E-state index contributed by atoms with van der Waals surface area (Å²) < 4.78 is 10.3. The van der Waals surface area contributed by atoms with Crippen LogP contribution in [0.15, 0.2) is 82.6 Å². The quantitative estimate of drug-likeness (QED) is 0.164. The molecule has 3 aromatic rings. The first-order valence-corrected chi connectivity index (χ1v) is 14.0. The van der Waals surface area contributed by atoms with Gasteiger partial charge in [-0.05, 0) is 93.8 Å². The van der Waals surface area contributed by atoms with Crippen LogP contribution in [-0.4, -0.2) is 25.2 Å². The molecule has 0 aliphatic heterocycles. The third kappa shape index (κ3) is 8.37. The summed E-state index contributed by atoms with van der Waals surface area (Å²) in [7, 11) is 0. The molecule has 3 aromatic carbocycles. The fraction of sp³-hybridized carbons (Fsp3) is 0.355. The van der Waals surface area contributed by atoms with Gasteiger partial charge in [0.2, 0.25) is 0 Å². The Hall–Kier alpha value is -2.76. The van der Waals surface area contributed by atoms with E-state index in [2.05, 4.69) is 54.6 Å². The van der Waals surface area contributed by atoms with E-state index in [1.165, 1.54) is 16.0 Å². The Kier molecular flexibility index (Phi) is 11.1. The van der Waals surface area contributed by atoms with Crippen LogP contribution in [0, 0.1) is 5.41 Å². The van der Waals surface area contributed by atoms with Crippen molar-refractivity contribution in [3.63, 3.8) is 0 Å². The van der Waals surface area contributed by atoms with Crippen molar-refractivity contribution < 1.29 is 19.1 Å². The smallest absolute Gasteiger partial charge is 0.323 e. The first-order chi connectivity index (χ1) is 17.9. The molecule has 4 nitrogen and oxygen atoms in total. The molecule has 0 heterocycles. The molecule has 0 saturated carbocycles. The highest BCUT2D eigenvalue weighted by Gasteiger charge is 2.43. The number of esters is 2. The Morgan fingerprint density at radius 2 is 1.41 bits per heavy atom. The third-order valence-corrected chi connectivity index (χ3v) is 7.61. The summed E-state index contributed by atoms with van der Waals surface area (Å²) in [5, 5.41) is 0.680. The zero-order valence-corrected chi connectivity index (χ0v) is 23.4. The summed E-state index contributed by atoms with van der Waals surface area (Å²) in [5.41, 5.74) is 2.31. The molecule has 0 saturated heterocycles. The molecule has 0 N–H and O–H groups in total. The zero-order chi connectivity index (χ0) is 26.7. The number of carbonyl (C=O) groups excluding carboxylic acids is 2. The molecule has 0 bridgehead atoms. The minimum absolute atomic E-state index is 0.217.